The maximum atomic E-state index is 13.8. The van der Waals surface area contributed by atoms with E-state index in [0.29, 0.717) is 23.1 Å². The van der Waals surface area contributed by atoms with E-state index < -0.39 is 5.91 Å². The van der Waals surface area contributed by atoms with Gasteiger partial charge in [-0.15, -0.1) is 0 Å². The highest BCUT2D eigenvalue weighted by Crippen LogP contribution is 2.09. The fourth-order valence-corrected chi connectivity index (χ4v) is 2.78. The summed E-state index contributed by atoms with van der Waals surface area (Å²) in [5.74, 6) is -0.665. The molecule has 0 aliphatic carbocycles. The maximum absolute atomic E-state index is 13.8. The van der Waals surface area contributed by atoms with Gasteiger partial charge < -0.3 is 9.84 Å². The number of hydrogen-bond acceptors (Lipinski definition) is 6. The van der Waals surface area contributed by atoms with Crippen molar-refractivity contribution in [3.05, 3.63) is 76.5 Å². The van der Waals surface area contributed by atoms with Crippen LogP contribution in [0.2, 0.25) is 0 Å². The van der Waals surface area contributed by atoms with Gasteiger partial charge in [0.1, 0.15) is 17.5 Å². The summed E-state index contributed by atoms with van der Waals surface area (Å²) in [5, 5.41) is 10.6. The fourth-order valence-electron chi connectivity index (χ4n) is 2.78. The van der Waals surface area contributed by atoms with Crippen molar-refractivity contribution in [1.29, 1.82) is 0 Å². The number of nitrogens with zero attached hydrogens (tertiary/aromatic N) is 5. The lowest BCUT2D eigenvalue weighted by molar-refractivity contribution is 0.0915. The smallest absolute Gasteiger partial charge is 0.289 e. The second-order valence-electron chi connectivity index (χ2n) is 6.01. The molecular formula is C18H15FN6O3. The van der Waals surface area contributed by atoms with Crippen molar-refractivity contribution in [1.82, 2.24) is 29.8 Å². The third kappa shape index (κ3) is 3.39. The average molecular weight is 382 g/mol. The van der Waals surface area contributed by atoms with E-state index in [1.807, 2.05) is 0 Å². The van der Waals surface area contributed by atoms with Crippen molar-refractivity contribution in [2.75, 3.05) is 6.54 Å². The molecule has 0 bridgehead atoms. The van der Waals surface area contributed by atoms with Gasteiger partial charge in [0.05, 0.1) is 25.5 Å². The molecule has 1 aromatic carbocycles. The van der Waals surface area contributed by atoms with Crippen LogP contribution < -0.4 is 10.9 Å². The van der Waals surface area contributed by atoms with E-state index in [-0.39, 0.29) is 30.2 Å². The number of halogens is 1. The number of amides is 1. The van der Waals surface area contributed by atoms with E-state index in [1.54, 1.807) is 18.2 Å². The summed E-state index contributed by atoms with van der Waals surface area (Å²) in [5.41, 5.74) is 0.474. The number of fused-ring (bicyclic) bond motifs is 1. The van der Waals surface area contributed by atoms with E-state index in [4.69, 9.17) is 4.52 Å². The Kier molecular flexibility index (Phi) is 4.67. The first-order valence-electron chi connectivity index (χ1n) is 8.47. The van der Waals surface area contributed by atoms with Crippen LogP contribution in [-0.2, 0) is 13.1 Å². The van der Waals surface area contributed by atoms with E-state index in [0.717, 1.165) is 0 Å². The normalized spacial score (nSPS) is 11.0. The van der Waals surface area contributed by atoms with Crippen LogP contribution in [0.5, 0.6) is 0 Å². The first kappa shape index (κ1) is 17.6. The summed E-state index contributed by atoms with van der Waals surface area (Å²) in [6.07, 6.45) is 4.16. The molecule has 0 radical (unpaired) electrons. The van der Waals surface area contributed by atoms with Crippen LogP contribution in [-0.4, -0.2) is 36.9 Å². The SMILES string of the molecule is O=C(NCCn1ncc2c(=O)n(Cc3ccccc3F)cnc21)c1ccno1. The fraction of sp³-hybridized carbons (Fsp3) is 0.167. The second kappa shape index (κ2) is 7.43. The third-order valence-corrected chi connectivity index (χ3v) is 4.19. The number of nitrogens with one attached hydrogen (secondary N) is 1. The van der Waals surface area contributed by atoms with Gasteiger partial charge >= 0.3 is 0 Å². The molecule has 4 aromatic rings. The molecule has 0 saturated carbocycles. The molecule has 10 heteroatoms. The molecular weight excluding hydrogens is 367 g/mol. The molecule has 142 valence electrons. The number of aromatic nitrogens is 5. The standard InChI is InChI=1S/C18H15FN6O3/c19-14-4-2-1-3-12(14)10-24-11-21-16-13(18(24)27)9-22-25(16)8-7-20-17(26)15-5-6-23-28-15/h1-6,9,11H,7-8,10H2,(H,20,26). The molecule has 4 rings (SSSR count). The summed E-state index contributed by atoms with van der Waals surface area (Å²) in [6.45, 7) is 0.649. The summed E-state index contributed by atoms with van der Waals surface area (Å²) >= 11 is 0. The largest absolute Gasteiger partial charge is 0.351 e. The highest BCUT2D eigenvalue weighted by molar-refractivity contribution is 5.91. The zero-order valence-electron chi connectivity index (χ0n) is 14.6. The van der Waals surface area contributed by atoms with Gasteiger partial charge in [-0.3, -0.25) is 14.2 Å². The topological polar surface area (TPSA) is 108 Å². The molecule has 1 N–H and O–H groups in total. The predicted molar refractivity (Wildman–Crippen MR) is 96.1 cm³/mol. The van der Waals surface area contributed by atoms with Crippen molar-refractivity contribution >= 4 is 16.9 Å². The summed E-state index contributed by atoms with van der Waals surface area (Å²) in [4.78, 5) is 28.8. The van der Waals surface area contributed by atoms with Crippen molar-refractivity contribution in [3.8, 4) is 0 Å². The van der Waals surface area contributed by atoms with Crippen LogP contribution >= 0.6 is 0 Å². The van der Waals surface area contributed by atoms with E-state index in [9.17, 15) is 14.0 Å². The predicted octanol–water partition coefficient (Wildman–Crippen LogP) is 1.20. The van der Waals surface area contributed by atoms with E-state index in [2.05, 4.69) is 20.6 Å². The number of hydrogen-bond donors (Lipinski definition) is 1. The summed E-state index contributed by atoms with van der Waals surface area (Å²) in [7, 11) is 0. The molecule has 0 fully saturated rings. The minimum atomic E-state index is -0.394. The van der Waals surface area contributed by atoms with Crippen LogP contribution in [0, 0.1) is 5.82 Å². The summed E-state index contributed by atoms with van der Waals surface area (Å²) < 4.78 is 21.5. The number of carbonyl (C=O) groups excluding carboxylic acids is 1. The Morgan fingerprint density at radius 3 is 2.89 bits per heavy atom. The Hall–Kier alpha value is -3.82. The van der Waals surface area contributed by atoms with Gasteiger partial charge in [-0.05, 0) is 6.07 Å². The van der Waals surface area contributed by atoms with Crippen molar-refractivity contribution < 1.29 is 13.7 Å². The lowest BCUT2D eigenvalue weighted by atomic mass is 10.2. The van der Waals surface area contributed by atoms with E-state index >= 15 is 0 Å². The maximum Gasteiger partial charge on any atom is 0.289 e. The van der Waals surface area contributed by atoms with Crippen molar-refractivity contribution in [3.63, 3.8) is 0 Å². The first-order chi connectivity index (χ1) is 13.6. The highest BCUT2D eigenvalue weighted by Gasteiger charge is 2.13. The number of rotatable bonds is 6. The van der Waals surface area contributed by atoms with Crippen molar-refractivity contribution in [2.24, 2.45) is 0 Å². The van der Waals surface area contributed by atoms with Crippen LogP contribution in [0.1, 0.15) is 16.1 Å². The van der Waals surface area contributed by atoms with Crippen LogP contribution in [0.25, 0.3) is 11.0 Å². The lowest BCUT2D eigenvalue weighted by Gasteiger charge is -2.07. The zero-order chi connectivity index (χ0) is 19.5. The van der Waals surface area contributed by atoms with E-state index in [1.165, 1.54) is 40.1 Å². The second-order valence-corrected chi connectivity index (χ2v) is 6.01. The highest BCUT2D eigenvalue weighted by atomic mass is 19.1. The molecule has 0 spiro atoms. The molecule has 9 nitrogen and oxygen atoms in total. The Labute approximate surface area is 157 Å². The molecule has 0 saturated heterocycles. The van der Waals surface area contributed by atoms with Crippen LogP contribution in [0.4, 0.5) is 4.39 Å². The quantitative estimate of drug-likeness (QED) is 0.537. The Morgan fingerprint density at radius 1 is 1.25 bits per heavy atom. The molecule has 28 heavy (non-hydrogen) atoms. The Morgan fingerprint density at radius 2 is 2.11 bits per heavy atom. The van der Waals surface area contributed by atoms with Crippen molar-refractivity contribution in [2.45, 2.75) is 13.1 Å². The summed E-state index contributed by atoms with van der Waals surface area (Å²) in [6, 6.07) is 7.72. The number of carbonyl (C=O) groups is 1. The van der Waals surface area contributed by atoms with Gasteiger partial charge in [0.2, 0.25) is 5.76 Å². The minimum Gasteiger partial charge on any atom is -0.351 e. The zero-order valence-corrected chi connectivity index (χ0v) is 14.6. The Balaban J connectivity index is 1.49. The first-order valence-corrected chi connectivity index (χ1v) is 8.47. The number of benzene rings is 1. The minimum absolute atomic E-state index is 0.0763. The Bertz CT molecular complexity index is 1180. The molecule has 0 unspecified atom stereocenters. The lowest BCUT2D eigenvalue weighted by Crippen LogP contribution is -2.27. The van der Waals surface area contributed by atoms with Gasteiger partial charge in [0, 0.05) is 18.2 Å². The molecule has 3 heterocycles. The van der Waals surface area contributed by atoms with Crippen LogP contribution in [0.15, 0.2) is 58.4 Å². The third-order valence-electron chi connectivity index (χ3n) is 4.19. The molecule has 0 aliphatic heterocycles. The monoisotopic (exact) mass is 382 g/mol. The van der Waals surface area contributed by atoms with Gasteiger partial charge in [-0.2, -0.15) is 5.10 Å². The molecule has 1 amide bonds. The van der Waals surface area contributed by atoms with Gasteiger partial charge in [-0.25, -0.2) is 14.1 Å². The average Bonchev–Trinajstić information content (AvgIpc) is 3.36. The molecule has 0 aliphatic rings. The van der Waals surface area contributed by atoms with Gasteiger partial charge in [0.25, 0.3) is 11.5 Å². The van der Waals surface area contributed by atoms with Gasteiger partial charge in [-0.1, -0.05) is 23.4 Å². The van der Waals surface area contributed by atoms with Crippen LogP contribution in [0.3, 0.4) is 0 Å². The van der Waals surface area contributed by atoms with Gasteiger partial charge in [0.15, 0.2) is 5.65 Å². The molecule has 3 aromatic heterocycles. The molecule has 0 atom stereocenters.